The molecule has 0 spiro atoms. The molecule has 1 atom stereocenters. The molecule has 0 aromatic heterocycles. The number of hydrogen-bond donors (Lipinski definition) is 0. The number of alkyl halides is 1. The van der Waals surface area contributed by atoms with Gasteiger partial charge in [0.05, 0.1) is 30.3 Å². The third-order valence-electron chi connectivity index (χ3n) is 3.29. The van der Waals surface area contributed by atoms with Crippen LogP contribution in [0.5, 0.6) is 0 Å². The van der Waals surface area contributed by atoms with Gasteiger partial charge in [0.25, 0.3) is 0 Å². The second-order valence-electron chi connectivity index (χ2n) is 4.61. The van der Waals surface area contributed by atoms with Crippen LogP contribution in [0.25, 0.3) is 0 Å². The molecule has 0 saturated heterocycles. The van der Waals surface area contributed by atoms with Crippen molar-refractivity contribution in [1.29, 1.82) is 0 Å². The van der Waals surface area contributed by atoms with Gasteiger partial charge < -0.3 is 4.74 Å². The van der Waals surface area contributed by atoms with E-state index in [0.29, 0.717) is 16.7 Å². The molecule has 8 heteroatoms. The average Bonchev–Trinajstić information content (AvgIpc) is 2.71. The molecule has 1 aliphatic heterocycles. The molecule has 3 rings (SSSR count). The van der Waals surface area contributed by atoms with Gasteiger partial charge in [-0.05, 0) is 34.1 Å². The number of carbonyl (C=O) groups excluding carboxylic acids is 1. The van der Waals surface area contributed by atoms with E-state index in [9.17, 15) is 13.2 Å². The van der Waals surface area contributed by atoms with Crippen LogP contribution >= 0.6 is 42.3 Å². The third kappa shape index (κ3) is 2.50. The highest BCUT2D eigenvalue weighted by Crippen LogP contribution is 2.47. The molecule has 0 aliphatic carbocycles. The second kappa shape index (κ2) is 5.33. The lowest BCUT2D eigenvalue weighted by atomic mass is 9.99. The van der Waals surface area contributed by atoms with Crippen LogP contribution in [0.1, 0.15) is 21.5 Å². The van der Waals surface area contributed by atoms with Crippen molar-refractivity contribution >= 4 is 56.6 Å². The van der Waals surface area contributed by atoms with E-state index < -0.39 is 18.8 Å². The second-order valence-corrected chi connectivity index (χ2v) is 10.0. The highest BCUT2D eigenvalue weighted by Gasteiger charge is 2.45. The zero-order valence-electron chi connectivity index (χ0n) is 10.7. The van der Waals surface area contributed by atoms with Gasteiger partial charge in [0.2, 0.25) is 12.8 Å². The molecule has 22 heavy (non-hydrogen) atoms. The maximum absolute atomic E-state index is 12.0. The van der Waals surface area contributed by atoms with E-state index in [1.54, 1.807) is 30.3 Å². The Kier molecular flexibility index (Phi) is 3.87. The Labute approximate surface area is 147 Å². The van der Waals surface area contributed by atoms with Crippen molar-refractivity contribution in [1.82, 2.24) is 0 Å². The molecule has 2 aromatic rings. The quantitative estimate of drug-likeness (QED) is 0.378. The molecule has 0 saturated carbocycles. The molecule has 1 unspecified atom stereocenters. The first-order chi connectivity index (χ1) is 10.2. The minimum Gasteiger partial charge on any atom is -0.435 e. The van der Waals surface area contributed by atoms with Crippen LogP contribution in [0.2, 0.25) is 5.02 Å². The first-order valence-electron chi connectivity index (χ1n) is 6.00. The summed E-state index contributed by atoms with van der Waals surface area (Å²) in [6.07, 6.45) is 0. The fourth-order valence-electron chi connectivity index (χ4n) is 2.28. The number of halogens is 3. The number of benzene rings is 2. The van der Waals surface area contributed by atoms with E-state index in [-0.39, 0.29) is 9.92 Å². The summed E-state index contributed by atoms with van der Waals surface area (Å²) >= 11 is 12.0. The predicted octanol–water partition coefficient (Wildman–Crippen LogP) is 4.19. The molecule has 1 heterocycles. The summed E-state index contributed by atoms with van der Waals surface area (Å²) in [4.78, 5) is 11.9. The van der Waals surface area contributed by atoms with Gasteiger partial charge >= 0.3 is 5.97 Å². The summed E-state index contributed by atoms with van der Waals surface area (Å²) in [5.74, 6) is -0.481. The lowest BCUT2D eigenvalue weighted by molar-refractivity contribution is 0.0399. The summed E-state index contributed by atoms with van der Waals surface area (Å²) in [7, 11) is -3.68. The maximum Gasteiger partial charge on any atom is 0.340 e. The van der Waals surface area contributed by atoms with Crippen LogP contribution < -0.4 is 0 Å². The molecule has 0 amide bonds. The standard InChI is InChI=1S/C14H7Br2ClO4S/c15-14(10-4-2-1-3-9(10)13(18)21-14)8-5-6-11(17)12(7-8)22(16,19)20/h1-7H. The molecule has 0 fully saturated rings. The van der Waals surface area contributed by atoms with E-state index in [4.69, 9.17) is 16.3 Å². The lowest BCUT2D eigenvalue weighted by Crippen LogP contribution is -2.20. The van der Waals surface area contributed by atoms with Crippen LogP contribution in [0.3, 0.4) is 0 Å². The normalized spacial score (nSPS) is 20.6. The van der Waals surface area contributed by atoms with Gasteiger partial charge in [-0.1, -0.05) is 35.9 Å². The van der Waals surface area contributed by atoms with Gasteiger partial charge in [0.15, 0.2) is 0 Å². The van der Waals surface area contributed by atoms with Crippen LogP contribution in [0.15, 0.2) is 47.4 Å². The van der Waals surface area contributed by atoms with E-state index >= 15 is 0 Å². The van der Waals surface area contributed by atoms with Crippen LogP contribution in [0.4, 0.5) is 0 Å². The number of fused-ring (bicyclic) bond motifs is 1. The number of carbonyl (C=O) groups is 1. The Morgan fingerprint density at radius 3 is 2.50 bits per heavy atom. The van der Waals surface area contributed by atoms with E-state index in [1.165, 1.54) is 12.1 Å². The summed E-state index contributed by atoms with van der Waals surface area (Å²) in [6.45, 7) is 0. The van der Waals surface area contributed by atoms with Crippen molar-refractivity contribution in [2.75, 3.05) is 0 Å². The van der Waals surface area contributed by atoms with Crippen LogP contribution in [-0.2, 0) is 17.5 Å². The number of ether oxygens (including phenoxy) is 1. The molecule has 4 nitrogen and oxygen atoms in total. The molecular weight excluding hydrogens is 459 g/mol. The highest BCUT2D eigenvalue weighted by atomic mass is 79.9. The first kappa shape index (κ1) is 16.0. The highest BCUT2D eigenvalue weighted by molar-refractivity contribution is 9.47. The summed E-state index contributed by atoms with van der Waals surface area (Å²) in [5.41, 5.74) is 1.49. The van der Waals surface area contributed by atoms with E-state index in [1.807, 2.05) is 0 Å². The summed E-state index contributed by atoms with van der Waals surface area (Å²) in [5, 5.41) is 0.0781. The summed E-state index contributed by atoms with van der Waals surface area (Å²) < 4.78 is 27.7. The average molecular weight is 467 g/mol. The molecule has 0 bridgehead atoms. The van der Waals surface area contributed by atoms with Gasteiger partial charge in [-0.25, -0.2) is 13.2 Å². The number of cyclic esters (lactones) is 1. The number of hydrogen-bond acceptors (Lipinski definition) is 4. The van der Waals surface area contributed by atoms with Gasteiger partial charge in [0.1, 0.15) is 0 Å². The Hall–Kier alpha value is -0.890. The first-order valence-corrected chi connectivity index (χ1v) is 10.5. The minimum atomic E-state index is -3.68. The van der Waals surface area contributed by atoms with Crippen LogP contribution in [0, 0.1) is 0 Å². The molecule has 1 aliphatic rings. The topological polar surface area (TPSA) is 60.4 Å². The van der Waals surface area contributed by atoms with Crippen molar-refractivity contribution in [2.45, 2.75) is 9.41 Å². The Balaban J connectivity index is 2.23. The third-order valence-corrected chi connectivity index (χ3v) is 6.69. The molecule has 0 N–H and O–H groups in total. The Morgan fingerprint density at radius 2 is 1.82 bits per heavy atom. The Bertz CT molecular complexity index is 897. The van der Waals surface area contributed by atoms with Crippen molar-refractivity contribution in [3.63, 3.8) is 0 Å². The zero-order chi connectivity index (χ0) is 16.1. The van der Waals surface area contributed by atoms with Crippen molar-refractivity contribution in [3.05, 3.63) is 64.2 Å². The fraction of sp³-hybridized carbons (Fsp3) is 0.0714. The van der Waals surface area contributed by atoms with E-state index in [2.05, 4.69) is 30.7 Å². The molecule has 114 valence electrons. The van der Waals surface area contributed by atoms with Crippen molar-refractivity contribution < 1.29 is 17.9 Å². The summed E-state index contributed by atoms with van der Waals surface area (Å²) in [6, 6.07) is 11.3. The van der Waals surface area contributed by atoms with Gasteiger partial charge in [-0.3, -0.25) is 0 Å². The molecule has 0 radical (unpaired) electrons. The zero-order valence-corrected chi connectivity index (χ0v) is 15.5. The van der Waals surface area contributed by atoms with Gasteiger partial charge in [-0.15, -0.1) is 0 Å². The Morgan fingerprint density at radius 1 is 1.14 bits per heavy atom. The fourth-order valence-corrected chi connectivity index (χ4v) is 5.10. The number of esters is 1. The SMILES string of the molecule is O=C1OC(Br)(c2ccc(Cl)c(S(=O)(=O)Br)c2)c2ccccc21. The largest absolute Gasteiger partial charge is 0.435 e. The monoisotopic (exact) mass is 464 g/mol. The lowest BCUT2D eigenvalue weighted by Gasteiger charge is -2.23. The van der Waals surface area contributed by atoms with Crippen LogP contribution in [-0.4, -0.2) is 14.4 Å². The van der Waals surface area contributed by atoms with Crippen molar-refractivity contribution in [3.8, 4) is 0 Å². The molecule has 2 aromatic carbocycles. The number of rotatable bonds is 2. The van der Waals surface area contributed by atoms with E-state index in [0.717, 1.165) is 0 Å². The molecular formula is C14H7Br2ClO4S. The maximum atomic E-state index is 12.0. The minimum absolute atomic E-state index is 0.0781. The van der Waals surface area contributed by atoms with Gasteiger partial charge in [0, 0.05) is 11.1 Å². The predicted molar refractivity (Wildman–Crippen MR) is 89.1 cm³/mol. The van der Waals surface area contributed by atoms with Crippen molar-refractivity contribution in [2.24, 2.45) is 0 Å². The smallest absolute Gasteiger partial charge is 0.340 e. The van der Waals surface area contributed by atoms with Gasteiger partial charge in [-0.2, -0.15) is 0 Å².